The van der Waals surface area contributed by atoms with Gasteiger partial charge in [0.25, 0.3) is 11.8 Å². The Morgan fingerprint density at radius 2 is 1.42 bits per heavy atom. The number of benzene rings is 3. The minimum absolute atomic E-state index is 0.0121. The predicted octanol–water partition coefficient (Wildman–Crippen LogP) is 4.78. The molecule has 5 heteroatoms. The number of amides is 2. The van der Waals surface area contributed by atoms with Crippen LogP contribution in [0.5, 0.6) is 5.75 Å². The van der Waals surface area contributed by atoms with Gasteiger partial charge in [-0.3, -0.25) is 9.59 Å². The van der Waals surface area contributed by atoms with E-state index in [-0.39, 0.29) is 18.4 Å². The van der Waals surface area contributed by atoms with E-state index in [9.17, 15) is 9.59 Å². The van der Waals surface area contributed by atoms with E-state index in [1.54, 1.807) is 29.2 Å². The third-order valence-electron chi connectivity index (χ3n) is 5.01. The van der Waals surface area contributed by atoms with Crippen LogP contribution in [0.15, 0.2) is 78.9 Å². The van der Waals surface area contributed by atoms with Gasteiger partial charge in [-0.15, -0.1) is 0 Å². The summed E-state index contributed by atoms with van der Waals surface area (Å²) in [6, 6.07) is 24.9. The average Bonchev–Trinajstić information content (AvgIpc) is 2.80. The Morgan fingerprint density at radius 3 is 2.03 bits per heavy atom. The molecule has 0 atom stereocenters. The lowest BCUT2D eigenvalue weighted by molar-refractivity contribution is -0.118. The summed E-state index contributed by atoms with van der Waals surface area (Å²) in [6.45, 7) is 5.15. The van der Waals surface area contributed by atoms with Crippen molar-refractivity contribution in [2.75, 3.05) is 25.0 Å². The van der Waals surface area contributed by atoms with Crippen LogP contribution in [0.2, 0.25) is 0 Å². The van der Waals surface area contributed by atoms with Crippen molar-refractivity contribution in [2.24, 2.45) is 0 Å². The van der Waals surface area contributed by atoms with Crippen LogP contribution in [-0.4, -0.2) is 36.4 Å². The minimum atomic E-state index is -0.254. The van der Waals surface area contributed by atoms with E-state index in [1.807, 2.05) is 56.3 Å². The van der Waals surface area contributed by atoms with Gasteiger partial charge in [0.1, 0.15) is 5.75 Å². The Bertz CT molecular complexity index is 979. The predicted molar refractivity (Wildman–Crippen MR) is 124 cm³/mol. The summed E-state index contributed by atoms with van der Waals surface area (Å²) < 4.78 is 5.59. The summed E-state index contributed by atoms with van der Waals surface area (Å²) in [5.74, 6) is 0.380. The van der Waals surface area contributed by atoms with Gasteiger partial charge in [-0.2, -0.15) is 0 Å². The summed E-state index contributed by atoms with van der Waals surface area (Å²) in [5.41, 5.74) is 3.67. The molecule has 1 N–H and O–H groups in total. The number of nitrogens with one attached hydrogen (secondary N) is 1. The van der Waals surface area contributed by atoms with Crippen molar-refractivity contribution in [3.05, 3.63) is 95.6 Å². The van der Waals surface area contributed by atoms with Crippen LogP contribution in [0.1, 0.15) is 35.3 Å². The molecule has 5 nitrogen and oxygen atoms in total. The first-order chi connectivity index (χ1) is 15.1. The smallest absolute Gasteiger partial charge is 0.262 e. The highest BCUT2D eigenvalue weighted by Gasteiger charge is 2.12. The van der Waals surface area contributed by atoms with E-state index < -0.39 is 0 Å². The zero-order valence-corrected chi connectivity index (χ0v) is 18.0. The molecule has 0 spiro atoms. The summed E-state index contributed by atoms with van der Waals surface area (Å²) in [7, 11) is 0. The molecule has 0 bridgehead atoms. The molecule has 0 aliphatic carbocycles. The molecule has 2 amide bonds. The average molecular weight is 417 g/mol. The number of ether oxygens (including phenoxy) is 1. The number of rotatable bonds is 9. The standard InChI is InChI=1S/C26H28N2O3/c1-3-28(4-2)26(30)22-12-14-23(15-13-22)27-25(29)19-31-24-16-10-21(11-17-24)18-20-8-6-5-7-9-20/h5-17H,3-4,18-19H2,1-2H3,(H,27,29). The van der Waals surface area contributed by atoms with E-state index in [2.05, 4.69) is 17.4 Å². The van der Waals surface area contributed by atoms with E-state index in [1.165, 1.54) is 11.1 Å². The molecule has 3 aromatic rings. The maximum atomic E-state index is 12.3. The zero-order valence-electron chi connectivity index (χ0n) is 18.0. The highest BCUT2D eigenvalue weighted by atomic mass is 16.5. The zero-order chi connectivity index (χ0) is 22.1. The summed E-state index contributed by atoms with van der Waals surface area (Å²) in [4.78, 5) is 26.3. The molecule has 0 heterocycles. The van der Waals surface area contributed by atoms with Gasteiger partial charge in [-0.05, 0) is 67.8 Å². The van der Waals surface area contributed by atoms with Crippen molar-refractivity contribution in [1.82, 2.24) is 4.90 Å². The van der Waals surface area contributed by atoms with Crippen LogP contribution >= 0.6 is 0 Å². The quantitative estimate of drug-likeness (QED) is 0.546. The van der Waals surface area contributed by atoms with E-state index in [0.717, 1.165) is 6.42 Å². The second-order valence-electron chi connectivity index (χ2n) is 7.20. The monoisotopic (exact) mass is 416 g/mol. The maximum Gasteiger partial charge on any atom is 0.262 e. The number of hydrogen-bond acceptors (Lipinski definition) is 3. The Morgan fingerprint density at radius 1 is 0.806 bits per heavy atom. The Kier molecular flexibility index (Phi) is 7.82. The summed E-state index contributed by atoms with van der Waals surface area (Å²) >= 11 is 0. The van der Waals surface area contributed by atoms with Gasteiger partial charge in [0.2, 0.25) is 0 Å². The van der Waals surface area contributed by atoms with Crippen LogP contribution in [0.3, 0.4) is 0 Å². The lowest BCUT2D eigenvalue weighted by Gasteiger charge is -2.18. The molecule has 3 rings (SSSR count). The molecular weight excluding hydrogens is 388 g/mol. The molecule has 0 saturated heterocycles. The first-order valence-electron chi connectivity index (χ1n) is 10.5. The molecule has 0 aliphatic heterocycles. The largest absolute Gasteiger partial charge is 0.484 e. The van der Waals surface area contributed by atoms with Gasteiger partial charge in [-0.25, -0.2) is 0 Å². The van der Waals surface area contributed by atoms with Gasteiger partial charge in [0.05, 0.1) is 0 Å². The van der Waals surface area contributed by atoms with Crippen molar-refractivity contribution in [3.63, 3.8) is 0 Å². The van der Waals surface area contributed by atoms with E-state index in [4.69, 9.17) is 4.74 Å². The molecule has 0 radical (unpaired) electrons. The summed E-state index contributed by atoms with van der Waals surface area (Å²) in [6.07, 6.45) is 0.856. The van der Waals surface area contributed by atoms with Gasteiger partial charge < -0.3 is 15.0 Å². The lowest BCUT2D eigenvalue weighted by Crippen LogP contribution is -2.30. The fourth-order valence-corrected chi connectivity index (χ4v) is 3.27. The second kappa shape index (κ2) is 11.0. The fraction of sp³-hybridized carbons (Fsp3) is 0.231. The fourth-order valence-electron chi connectivity index (χ4n) is 3.27. The van der Waals surface area contributed by atoms with Gasteiger partial charge in [0.15, 0.2) is 6.61 Å². The SMILES string of the molecule is CCN(CC)C(=O)c1ccc(NC(=O)COc2ccc(Cc3ccccc3)cc2)cc1. The molecule has 0 aliphatic rings. The van der Waals surface area contributed by atoms with Crippen LogP contribution in [0.4, 0.5) is 5.69 Å². The molecule has 0 aromatic heterocycles. The third-order valence-corrected chi connectivity index (χ3v) is 5.01. The number of carbonyl (C=O) groups is 2. The second-order valence-corrected chi connectivity index (χ2v) is 7.20. The molecule has 0 fully saturated rings. The maximum absolute atomic E-state index is 12.3. The number of nitrogens with zero attached hydrogens (tertiary/aromatic N) is 1. The first-order valence-corrected chi connectivity index (χ1v) is 10.5. The highest BCUT2D eigenvalue weighted by Crippen LogP contribution is 2.16. The number of carbonyl (C=O) groups excluding carboxylic acids is 2. The first kappa shape index (κ1) is 22.1. The molecule has 3 aromatic carbocycles. The normalized spacial score (nSPS) is 10.4. The van der Waals surface area contributed by atoms with Crippen LogP contribution < -0.4 is 10.1 Å². The Hall–Kier alpha value is -3.60. The topological polar surface area (TPSA) is 58.6 Å². The van der Waals surface area contributed by atoms with Gasteiger partial charge >= 0.3 is 0 Å². The molecule has 0 saturated carbocycles. The highest BCUT2D eigenvalue weighted by molar-refractivity contribution is 5.96. The molecule has 31 heavy (non-hydrogen) atoms. The van der Waals surface area contributed by atoms with E-state index in [0.29, 0.717) is 30.1 Å². The van der Waals surface area contributed by atoms with Crippen molar-refractivity contribution in [2.45, 2.75) is 20.3 Å². The van der Waals surface area contributed by atoms with Gasteiger partial charge in [0, 0.05) is 24.3 Å². The van der Waals surface area contributed by atoms with Crippen molar-refractivity contribution < 1.29 is 14.3 Å². The Labute approximate surface area is 183 Å². The Balaban J connectivity index is 1.48. The van der Waals surface area contributed by atoms with Crippen LogP contribution in [-0.2, 0) is 11.2 Å². The van der Waals surface area contributed by atoms with Crippen molar-refractivity contribution in [3.8, 4) is 5.75 Å². The van der Waals surface area contributed by atoms with Crippen LogP contribution in [0, 0.1) is 0 Å². The minimum Gasteiger partial charge on any atom is -0.484 e. The summed E-state index contributed by atoms with van der Waals surface area (Å²) in [5, 5.41) is 2.79. The number of hydrogen-bond donors (Lipinski definition) is 1. The lowest BCUT2D eigenvalue weighted by atomic mass is 10.1. The van der Waals surface area contributed by atoms with Crippen molar-refractivity contribution >= 4 is 17.5 Å². The number of anilines is 1. The van der Waals surface area contributed by atoms with Crippen LogP contribution in [0.25, 0.3) is 0 Å². The molecule has 0 unspecified atom stereocenters. The molecular formula is C26H28N2O3. The van der Waals surface area contributed by atoms with Gasteiger partial charge in [-0.1, -0.05) is 42.5 Å². The van der Waals surface area contributed by atoms with Crippen molar-refractivity contribution in [1.29, 1.82) is 0 Å². The van der Waals surface area contributed by atoms with E-state index >= 15 is 0 Å². The third kappa shape index (κ3) is 6.44. The molecule has 160 valence electrons.